The highest BCUT2D eigenvalue weighted by Gasteiger charge is 2.21. The van der Waals surface area contributed by atoms with Crippen LogP contribution in [-0.4, -0.2) is 15.8 Å². The summed E-state index contributed by atoms with van der Waals surface area (Å²) in [7, 11) is 1.62. The first kappa shape index (κ1) is 18.3. The van der Waals surface area contributed by atoms with Crippen LogP contribution < -0.4 is 5.56 Å². The molecule has 28 heavy (non-hydrogen) atoms. The Balaban J connectivity index is 2.27. The second-order valence-electron chi connectivity index (χ2n) is 6.73. The summed E-state index contributed by atoms with van der Waals surface area (Å²) in [4.78, 5) is 28.7. The molecule has 4 rings (SSSR count). The normalized spacial score (nSPS) is 11.3. The quantitative estimate of drug-likeness (QED) is 0.477. The second-order valence-corrected chi connectivity index (χ2v) is 7.10. The summed E-state index contributed by atoms with van der Waals surface area (Å²) < 4.78 is 16.1. The molecule has 0 radical (unpaired) electrons. The van der Waals surface area contributed by atoms with E-state index in [1.807, 2.05) is 19.1 Å². The van der Waals surface area contributed by atoms with Crippen molar-refractivity contribution in [1.29, 1.82) is 0 Å². The van der Waals surface area contributed by atoms with Crippen LogP contribution in [0.5, 0.6) is 0 Å². The summed E-state index contributed by atoms with van der Waals surface area (Å²) in [6.45, 7) is 1.90. The minimum Gasteiger partial charge on any atom is -0.314 e. The third kappa shape index (κ3) is 2.70. The van der Waals surface area contributed by atoms with Gasteiger partial charge in [0.1, 0.15) is 12.1 Å². The van der Waals surface area contributed by atoms with Gasteiger partial charge in [0.2, 0.25) is 0 Å². The molecule has 0 spiro atoms. The predicted octanol–water partition coefficient (Wildman–Crippen LogP) is 4.60. The number of hydrogen-bond acceptors (Lipinski definition) is 3. The van der Waals surface area contributed by atoms with E-state index in [-0.39, 0.29) is 17.0 Å². The third-order valence-electron chi connectivity index (χ3n) is 5.00. The Labute approximate surface area is 165 Å². The molecule has 6 heteroatoms. The van der Waals surface area contributed by atoms with Crippen LogP contribution in [0.2, 0.25) is 5.02 Å². The molecule has 0 N–H and O–H groups in total. The standard InChI is InChI=1S/C22H16ClFN2O2/c1-12-5-6-13-15(10-12)22(28)26(2)18(7-9-27)19(13)16-11-17(24)20(23)14-4-3-8-25-21(14)16/h3-6,8-11H,7H2,1-2H3. The molecule has 0 saturated carbocycles. The van der Waals surface area contributed by atoms with Gasteiger partial charge in [-0.2, -0.15) is 0 Å². The van der Waals surface area contributed by atoms with Crippen LogP contribution in [0.3, 0.4) is 0 Å². The highest BCUT2D eigenvalue weighted by Crippen LogP contribution is 2.38. The van der Waals surface area contributed by atoms with Gasteiger partial charge in [0.05, 0.1) is 10.5 Å². The van der Waals surface area contributed by atoms with Crippen molar-refractivity contribution < 1.29 is 9.18 Å². The summed E-state index contributed by atoms with van der Waals surface area (Å²) >= 11 is 6.16. The number of nitrogens with zero attached hydrogens (tertiary/aromatic N) is 2. The van der Waals surface area contributed by atoms with Gasteiger partial charge in [0.15, 0.2) is 0 Å². The van der Waals surface area contributed by atoms with Gasteiger partial charge < -0.3 is 9.36 Å². The molecule has 4 nitrogen and oxygen atoms in total. The summed E-state index contributed by atoms with van der Waals surface area (Å²) in [5.41, 5.74) is 2.86. The number of fused-ring (bicyclic) bond motifs is 2. The van der Waals surface area contributed by atoms with Crippen molar-refractivity contribution in [3.05, 3.63) is 75.0 Å². The zero-order chi connectivity index (χ0) is 20.0. The van der Waals surface area contributed by atoms with E-state index in [1.165, 1.54) is 10.6 Å². The van der Waals surface area contributed by atoms with Crippen molar-refractivity contribution in [2.75, 3.05) is 0 Å². The van der Waals surface area contributed by atoms with Gasteiger partial charge in [-0.3, -0.25) is 9.78 Å². The SMILES string of the molecule is Cc1ccc2c(-c3cc(F)c(Cl)c4cccnc34)c(CC=O)n(C)c(=O)c2c1. The molecule has 4 aromatic rings. The van der Waals surface area contributed by atoms with E-state index < -0.39 is 5.82 Å². The van der Waals surface area contributed by atoms with Crippen LogP contribution in [0.1, 0.15) is 11.3 Å². The molecule has 0 amide bonds. The molecule has 0 unspecified atom stereocenters. The van der Waals surface area contributed by atoms with Crippen LogP contribution in [0.15, 0.2) is 47.4 Å². The fraction of sp³-hybridized carbons (Fsp3) is 0.136. The van der Waals surface area contributed by atoms with Gasteiger partial charge in [-0.25, -0.2) is 4.39 Å². The second kappa shape index (κ2) is 6.84. The van der Waals surface area contributed by atoms with Crippen LogP contribution >= 0.6 is 11.6 Å². The maximum Gasteiger partial charge on any atom is 0.258 e. The molecule has 0 fully saturated rings. The lowest BCUT2D eigenvalue weighted by molar-refractivity contribution is -0.107. The highest BCUT2D eigenvalue weighted by molar-refractivity contribution is 6.36. The zero-order valence-electron chi connectivity index (χ0n) is 15.3. The first-order chi connectivity index (χ1) is 13.4. The van der Waals surface area contributed by atoms with Gasteiger partial charge in [-0.1, -0.05) is 29.3 Å². The number of aryl methyl sites for hydroxylation is 1. The van der Waals surface area contributed by atoms with Crippen molar-refractivity contribution in [1.82, 2.24) is 9.55 Å². The number of halogens is 2. The number of rotatable bonds is 3. The number of hydrogen-bond donors (Lipinski definition) is 0. The largest absolute Gasteiger partial charge is 0.314 e. The highest BCUT2D eigenvalue weighted by atomic mass is 35.5. The maximum atomic E-state index is 14.7. The average Bonchev–Trinajstić information content (AvgIpc) is 2.70. The Bertz CT molecular complexity index is 1330. The number of aldehydes is 1. The molecule has 2 heterocycles. The van der Waals surface area contributed by atoms with Crippen molar-refractivity contribution in [2.24, 2.45) is 7.05 Å². The van der Waals surface area contributed by atoms with Gasteiger partial charge >= 0.3 is 0 Å². The Morgan fingerprint density at radius 1 is 1.18 bits per heavy atom. The topological polar surface area (TPSA) is 52.0 Å². The number of carbonyl (C=O) groups excluding carboxylic acids is 1. The third-order valence-corrected chi connectivity index (χ3v) is 5.38. The molecule has 0 aliphatic carbocycles. The molecular weight excluding hydrogens is 379 g/mol. The maximum absolute atomic E-state index is 14.7. The molecule has 0 aliphatic rings. The predicted molar refractivity (Wildman–Crippen MR) is 109 cm³/mol. The Hall–Kier alpha value is -3.05. The van der Waals surface area contributed by atoms with Crippen molar-refractivity contribution in [3.8, 4) is 11.1 Å². The zero-order valence-corrected chi connectivity index (χ0v) is 16.0. The van der Waals surface area contributed by atoms with E-state index in [0.29, 0.717) is 38.5 Å². The lowest BCUT2D eigenvalue weighted by Crippen LogP contribution is -2.22. The first-order valence-electron chi connectivity index (χ1n) is 8.73. The van der Waals surface area contributed by atoms with Gasteiger partial charge in [0, 0.05) is 47.3 Å². The van der Waals surface area contributed by atoms with Crippen molar-refractivity contribution >= 4 is 39.6 Å². The van der Waals surface area contributed by atoms with E-state index >= 15 is 0 Å². The summed E-state index contributed by atoms with van der Waals surface area (Å²) in [5, 5.41) is 1.63. The fourth-order valence-corrected chi connectivity index (χ4v) is 3.88. The number of benzene rings is 2. The molecule has 0 saturated heterocycles. The lowest BCUT2D eigenvalue weighted by Gasteiger charge is -2.18. The van der Waals surface area contributed by atoms with Crippen molar-refractivity contribution in [2.45, 2.75) is 13.3 Å². The minimum absolute atomic E-state index is 0.00578. The smallest absolute Gasteiger partial charge is 0.258 e. The van der Waals surface area contributed by atoms with E-state index in [4.69, 9.17) is 11.6 Å². The van der Waals surface area contributed by atoms with Crippen LogP contribution in [-0.2, 0) is 18.3 Å². The van der Waals surface area contributed by atoms with Gasteiger partial charge in [-0.15, -0.1) is 0 Å². The lowest BCUT2D eigenvalue weighted by atomic mass is 9.93. The Morgan fingerprint density at radius 3 is 2.71 bits per heavy atom. The van der Waals surface area contributed by atoms with Crippen LogP contribution in [0.4, 0.5) is 4.39 Å². The number of pyridine rings is 2. The Morgan fingerprint density at radius 2 is 1.96 bits per heavy atom. The van der Waals surface area contributed by atoms with Gasteiger partial charge in [0.25, 0.3) is 5.56 Å². The molecule has 0 atom stereocenters. The minimum atomic E-state index is -0.580. The molecule has 2 aromatic heterocycles. The molecule has 140 valence electrons. The summed E-state index contributed by atoms with van der Waals surface area (Å²) in [6, 6.07) is 10.2. The van der Waals surface area contributed by atoms with Crippen LogP contribution in [0, 0.1) is 12.7 Å². The molecule has 0 aliphatic heterocycles. The van der Waals surface area contributed by atoms with E-state index in [1.54, 1.807) is 31.4 Å². The van der Waals surface area contributed by atoms with Gasteiger partial charge in [-0.05, 0) is 36.6 Å². The van der Waals surface area contributed by atoms with E-state index in [0.717, 1.165) is 11.8 Å². The molecule has 2 aromatic carbocycles. The van der Waals surface area contributed by atoms with Crippen molar-refractivity contribution in [3.63, 3.8) is 0 Å². The number of carbonyl (C=O) groups is 1. The molecular formula is C22H16ClFN2O2. The molecule has 0 bridgehead atoms. The van der Waals surface area contributed by atoms with Crippen LogP contribution in [0.25, 0.3) is 32.8 Å². The number of aromatic nitrogens is 2. The van der Waals surface area contributed by atoms with E-state index in [9.17, 15) is 14.0 Å². The Kier molecular flexibility index (Phi) is 4.47. The first-order valence-corrected chi connectivity index (χ1v) is 9.10. The van der Waals surface area contributed by atoms with E-state index in [2.05, 4.69) is 4.98 Å². The fourth-order valence-electron chi connectivity index (χ4n) is 3.67. The summed E-state index contributed by atoms with van der Waals surface area (Å²) in [6.07, 6.45) is 2.36. The average molecular weight is 395 g/mol. The monoisotopic (exact) mass is 394 g/mol. The summed E-state index contributed by atoms with van der Waals surface area (Å²) in [5.74, 6) is -0.580.